The van der Waals surface area contributed by atoms with Crippen molar-refractivity contribution >= 4 is 16.6 Å². The van der Waals surface area contributed by atoms with E-state index in [9.17, 15) is 0 Å². The molecule has 0 unspecified atom stereocenters. The van der Waals surface area contributed by atoms with Crippen LogP contribution in [0.15, 0.2) is 24.4 Å². The van der Waals surface area contributed by atoms with Crippen LogP contribution in [0.2, 0.25) is 0 Å². The molecule has 0 radical (unpaired) electrons. The Kier molecular flexibility index (Phi) is 2.38. The lowest BCUT2D eigenvalue weighted by Gasteiger charge is -2.17. The van der Waals surface area contributed by atoms with Gasteiger partial charge in [-0.1, -0.05) is 20.8 Å². The van der Waals surface area contributed by atoms with Crippen LogP contribution in [0.1, 0.15) is 26.5 Å². The van der Waals surface area contributed by atoms with Gasteiger partial charge < -0.3 is 5.73 Å². The van der Waals surface area contributed by atoms with E-state index >= 15 is 0 Å². The van der Waals surface area contributed by atoms with Gasteiger partial charge in [-0.3, -0.25) is 10.2 Å². The predicted molar refractivity (Wildman–Crippen MR) is 76.8 cm³/mol. The van der Waals surface area contributed by atoms with Crippen LogP contribution in [0.25, 0.3) is 22.2 Å². The molecule has 0 fully saturated rings. The molecule has 0 bridgehead atoms. The van der Waals surface area contributed by atoms with Crippen molar-refractivity contribution < 1.29 is 0 Å². The Labute approximate surface area is 111 Å². The monoisotopic (exact) mass is 255 g/mol. The summed E-state index contributed by atoms with van der Waals surface area (Å²) in [5, 5.41) is 15.7. The van der Waals surface area contributed by atoms with E-state index in [2.05, 4.69) is 41.2 Å². The minimum Gasteiger partial charge on any atom is -0.399 e. The van der Waals surface area contributed by atoms with E-state index < -0.39 is 0 Å². The Balaban J connectivity index is 2.26. The summed E-state index contributed by atoms with van der Waals surface area (Å²) in [6, 6.07) is 5.75. The lowest BCUT2D eigenvalue weighted by Crippen LogP contribution is -2.13. The Morgan fingerprint density at radius 3 is 2.68 bits per heavy atom. The number of nitrogens with one attached hydrogen (secondary N) is 2. The molecule has 0 aliphatic rings. The largest absolute Gasteiger partial charge is 0.399 e. The zero-order valence-corrected chi connectivity index (χ0v) is 11.3. The van der Waals surface area contributed by atoms with E-state index in [0.29, 0.717) is 0 Å². The number of aromatic amines is 2. The summed E-state index contributed by atoms with van der Waals surface area (Å²) >= 11 is 0. The number of nitrogens with two attached hydrogens (primary N) is 1. The number of nitrogens with zero attached hydrogens (tertiary/aromatic N) is 2. The van der Waals surface area contributed by atoms with E-state index in [1.54, 1.807) is 0 Å². The molecule has 3 aromatic rings. The average Bonchev–Trinajstić information content (AvgIpc) is 2.91. The highest BCUT2D eigenvalue weighted by Crippen LogP contribution is 2.34. The van der Waals surface area contributed by atoms with E-state index in [0.717, 1.165) is 33.5 Å². The van der Waals surface area contributed by atoms with Gasteiger partial charge in [0.15, 0.2) is 0 Å². The molecule has 0 saturated carbocycles. The number of nitrogen functional groups attached to an aromatic ring is 1. The third-order valence-corrected chi connectivity index (χ3v) is 3.23. The topological polar surface area (TPSA) is 83.4 Å². The first-order chi connectivity index (χ1) is 8.97. The molecule has 5 heteroatoms. The Morgan fingerprint density at radius 1 is 1.16 bits per heavy atom. The Morgan fingerprint density at radius 2 is 1.95 bits per heavy atom. The molecule has 0 aliphatic carbocycles. The van der Waals surface area contributed by atoms with Gasteiger partial charge in [0.2, 0.25) is 0 Å². The van der Waals surface area contributed by atoms with Crippen LogP contribution in [0.4, 0.5) is 5.69 Å². The van der Waals surface area contributed by atoms with Crippen molar-refractivity contribution in [3.05, 3.63) is 30.1 Å². The summed E-state index contributed by atoms with van der Waals surface area (Å²) in [6.45, 7) is 6.44. The molecular formula is C14H17N5. The van der Waals surface area contributed by atoms with Gasteiger partial charge in [-0.05, 0) is 18.2 Å². The molecule has 2 aromatic heterocycles. The molecule has 3 rings (SSSR count). The molecule has 0 saturated heterocycles. The second-order valence-corrected chi connectivity index (χ2v) is 5.79. The SMILES string of the molecule is CC(C)(C)c1[nH]ncc1-c1n[nH]c2ccc(N)cc12. The fourth-order valence-electron chi connectivity index (χ4n) is 2.27. The highest BCUT2D eigenvalue weighted by molar-refractivity contribution is 5.95. The molecule has 5 nitrogen and oxygen atoms in total. The third kappa shape index (κ3) is 1.87. The summed E-state index contributed by atoms with van der Waals surface area (Å²) in [5.41, 5.74) is 10.5. The zero-order chi connectivity index (χ0) is 13.6. The Bertz CT molecular complexity index is 730. The van der Waals surface area contributed by atoms with E-state index in [1.165, 1.54) is 0 Å². The maximum atomic E-state index is 5.86. The summed E-state index contributed by atoms with van der Waals surface area (Å²) in [6.07, 6.45) is 1.82. The van der Waals surface area contributed by atoms with Gasteiger partial charge in [0, 0.05) is 27.7 Å². The maximum absolute atomic E-state index is 5.86. The van der Waals surface area contributed by atoms with Gasteiger partial charge in [-0.25, -0.2) is 0 Å². The fraction of sp³-hybridized carbons (Fsp3) is 0.286. The normalized spacial score (nSPS) is 12.2. The van der Waals surface area contributed by atoms with E-state index in [4.69, 9.17) is 5.73 Å². The van der Waals surface area contributed by atoms with Crippen molar-refractivity contribution in [2.24, 2.45) is 0 Å². The van der Waals surface area contributed by atoms with Gasteiger partial charge in [0.25, 0.3) is 0 Å². The number of benzene rings is 1. The molecule has 0 amide bonds. The molecular weight excluding hydrogens is 238 g/mol. The molecule has 0 aliphatic heterocycles. The standard InChI is InChI=1S/C14H17N5/c1-14(2,3)13-10(7-16-19-13)12-9-6-8(15)4-5-11(9)17-18-12/h4-7H,15H2,1-3H3,(H,16,19)(H,17,18). The zero-order valence-electron chi connectivity index (χ0n) is 11.3. The van der Waals surface area contributed by atoms with Gasteiger partial charge in [0.1, 0.15) is 5.69 Å². The van der Waals surface area contributed by atoms with Crippen LogP contribution in [0.5, 0.6) is 0 Å². The van der Waals surface area contributed by atoms with Crippen LogP contribution in [-0.2, 0) is 5.41 Å². The van der Waals surface area contributed by atoms with Crippen molar-refractivity contribution in [2.75, 3.05) is 5.73 Å². The van der Waals surface area contributed by atoms with Crippen LogP contribution in [-0.4, -0.2) is 20.4 Å². The summed E-state index contributed by atoms with van der Waals surface area (Å²) in [4.78, 5) is 0. The quantitative estimate of drug-likeness (QED) is 0.585. The van der Waals surface area contributed by atoms with Crippen molar-refractivity contribution in [3.63, 3.8) is 0 Å². The number of fused-ring (bicyclic) bond motifs is 1. The number of aromatic nitrogens is 4. The van der Waals surface area contributed by atoms with Crippen LogP contribution >= 0.6 is 0 Å². The van der Waals surface area contributed by atoms with Crippen molar-refractivity contribution in [2.45, 2.75) is 26.2 Å². The van der Waals surface area contributed by atoms with Gasteiger partial charge >= 0.3 is 0 Å². The molecule has 4 N–H and O–H groups in total. The summed E-state index contributed by atoms with van der Waals surface area (Å²) in [7, 11) is 0. The number of anilines is 1. The summed E-state index contributed by atoms with van der Waals surface area (Å²) < 4.78 is 0. The van der Waals surface area contributed by atoms with Gasteiger partial charge in [0.05, 0.1) is 11.7 Å². The van der Waals surface area contributed by atoms with E-state index in [1.807, 2.05) is 24.4 Å². The molecule has 1 aromatic carbocycles. The van der Waals surface area contributed by atoms with Crippen LogP contribution in [0, 0.1) is 0 Å². The molecule has 0 atom stereocenters. The highest BCUT2D eigenvalue weighted by atomic mass is 15.1. The maximum Gasteiger partial charge on any atom is 0.103 e. The lowest BCUT2D eigenvalue weighted by molar-refractivity contribution is 0.568. The number of rotatable bonds is 1. The highest BCUT2D eigenvalue weighted by Gasteiger charge is 2.23. The van der Waals surface area contributed by atoms with Crippen LogP contribution < -0.4 is 5.73 Å². The number of hydrogen-bond donors (Lipinski definition) is 3. The molecule has 19 heavy (non-hydrogen) atoms. The lowest BCUT2D eigenvalue weighted by atomic mass is 9.88. The summed E-state index contributed by atoms with van der Waals surface area (Å²) in [5.74, 6) is 0. The predicted octanol–water partition coefficient (Wildman–Crippen LogP) is 2.83. The van der Waals surface area contributed by atoms with Crippen molar-refractivity contribution in [3.8, 4) is 11.3 Å². The first kappa shape index (κ1) is 11.8. The van der Waals surface area contributed by atoms with Crippen LogP contribution in [0.3, 0.4) is 0 Å². The molecule has 0 spiro atoms. The van der Waals surface area contributed by atoms with Gasteiger partial charge in [-0.2, -0.15) is 10.2 Å². The fourth-order valence-corrected chi connectivity index (χ4v) is 2.27. The minimum absolute atomic E-state index is 0.0164. The molecule has 98 valence electrons. The van der Waals surface area contributed by atoms with Gasteiger partial charge in [-0.15, -0.1) is 0 Å². The smallest absolute Gasteiger partial charge is 0.103 e. The third-order valence-electron chi connectivity index (χ3n) is 3.23. The van der Waals surface area contributed by atoms with Crippen molar-refractivity contribution in [1.29, 1.82) is 0 Å². The first-order valence-corrected chi connectivity index (χ1v) is 6.24. The second-order valence-electron chi connectivity index (χ2n) is 5.79. The Hall–Kier alpha value is -2.30. The average molecular weight is 255 g/mol. The first-order valence-electron chi connectivity index (χ1n) is 6.24. The van der Waals surface area contributed by atoms with Crippen molar-refractivity contribution in [1.82, 2.24) is 20.4 Å². The van der Waals surface area contributed by atoms with E-state index in [-0.39, 0.29) is 5.41 Å². The number of H-pyrrole nitrogens is 2. The minimum atomic E-state index is -0.0164. The number of hydrogen-bond acceptors (Lipinski definition) is 3. The second kappa shape index (κ2) is 3.85. The molecule has 2 heterocycles.